The van der Waals surface area contributed by atoms with Gasteiger partial charge in [0.15, 0.2) is 0 Å². The van der Waals surface area contributed by atoms with Gasteiger partial charge in [-0.25, -0.2) is 0 Å². The number of nitrogens with one attached hydrogen (secondary N) is 3. The second-order valence-electron chi connectivity index (χ2n) is 4.59. The van der Waals surface area contributed by atoms with Gasteiger partial charge in [0, 0.05) is 25.6 Å². The third kappa shape index (κ3) is 2.95. The molecular formula is C11H19N3O2. The van der Waals surface area contributed by atoms with Crippen LogP contribution in [0.1, 0.15) is 25.7 Å². The minimum absolute atomic E-state index is 0.0420. The van der Waals surface area contributed by atoms with Crippen molar-refractivity contribution in [3.05, 3.63) is 0 Å². The highest BCUT2D eigenvalue weighted by atomic mass is 16.2. The van der Waals surface area contributed by atoms with Crippen molar-refractivity contribution in [2.45, 2.75) is 31.7 Å². The van der Waals surface area contributed by atoms with E-state index in [-0.39, 0.29) is 23.8 Å². The van der Waals surface area contributed by atoms with Crippen molar-refractivity contribution in [1.29, 1.82) is 0 Å². The van der Waals surface area contributed by atoms with Gasteiger partial charge in [-0.3, -0.25) is 9.59 Å². The van der Waals surface area contributed by atoms with Crippen molar-refractivity contribution in [2.24, 2.45) is 5.92 Å². The van der Waals surface area contributed by atoms with Crippen LogP contribution in [0.3, 0.4) is 0 Å². The van der Waals surface area contributed by atoms with E-state index in [4.69, 9.17) is 0 Å². The van der Waals surface area contributed by atoms with Gasteiger partial charge >= 0.3 is 0 Å². The van der Waals surface area contributed by atoms with Crippen LogP contribution in [-0.2, 0) is 9.59 Å². The summed E-state index contributed by atoms with van der Waals surface area (Å²) in [5.74, 6) is 0.108. The van der Waals surface area contributed by atoms with E-state index in [1.165, 1.54) is 0 Å². The lowest BCUT2D eigenvalue weighted by molar-refractivity contribution is -0.129. The highest BCUT2D eigenvalue weighted by molar-refractivity contribution is 5.83. The fourth-order valence-electron chi connectivity index (χ4n) is 2.25. The van der Waals surface area contributed by atoms with Gasteiger partial charge in [0.05, 0.1) is 5.92 Å². The molecule has 5 heteroatoms. The van der Waals surface area contributed by atoms with Crippen LogP contribution in [0, 0.1) is 5.92 Å². The van der Waals surface area contributed by atoms with E-state index in [2.05, 4.69) is 16.0 Å². The molecule has 2 unspecified atom stereocenters. The van der Waals surface area contributed by atoms with Crippen LogP contribution in [0.5, 0.6) is 0 Å². The monoisotopic (exact) mass is 225 g/mol. The molecule has 0 spiro atoms. The predicted molar refractivity (Wildman–Crippen MR) is 59.8 cm³/mol. The van der Waals surface area contributed by atoms with Crippen LogP contribution < -0.4 is 16.0 Å². The summed E-state index contributed by atoms with van der Waals surface area (Å²) in [7, 11) is 0. The molecular weight excluding hydrogens is 206 g/mol. The minimum atomic E-state index is -0.0420. The van der Waals surface area contributed by atoms with Gasteiger partial charge in [-0.15, -0.1) is 0 Å². The topological polar surface area (TPSA) is 70.2 Å². The average Bonchev–Trinajstić information content (AvgIpc) is 2.31. The Balaban J connectivity index is 1.76. The smallest absolute Gasteiger partial charge is 0.225 e. The van der Waals surface area contributed by atoms with Gasteiger partial charge in [0.1, 0.15) is 0 Å². The van der Waals surface area contributed by atoms with Crippen molar-refractivity contribution in [1.82, 2.24) is 16.0 Å². The first-order valence-electron chi connectivity index (χ1n) is 6.03. The van der Waals surface area contributed by atoms with Crippen LogP contribution >= 0.6 is 0 Å². The molecule has 2 fully saturated rings. The molecule has 0 bridgehead atoms. The zero-order valence-corrected chi connectivity index (χ0v) is 9.42. The highest BCUT2D eigenvalue weighted by Gasteiger charge is 2.26. The molecule has 0 saturated carbocycles. The Bertz CT molecular complexity index is 264. The number of hydrogen-bond donors (Lipinski definition) is 3. The summed E-state index contributed by atoms with van der Waals surface area (Å²) in [5.41, 5.74) is 0. The molecule has 2 heterocycles. The van der Waals surface area contributed by atoms with Gasteiger partial charge in [0.2, 0.25) is 11.8 Å². The molecule has 90 valence electrons. The van der Waals surface area contributed by atoms with Crippen LogP contribution in [0.2, 0.25) is 0 Å². The minimum Gasteiger partial charge on any atom is -0.355 e. The molecule has 5 nitrogen and oxygen atoms in total. The van der Waals surface area contributed by atoms with Crippen LogP contribution in [-0.4, -0.2) is 37.5 Å². The van der Waals surface area contributed by atoms with Gasteiger partial charge < -0.3 is 16.0 Å². The lowest BCUT2D eigenvalue weighted by Crippen LogP contribution is -2.50. The van der Waals surface area contributed by atoms with Crippen molar-refractivity contribution in [3.8, 4) is 0 Å². The normalized spacial score (nSPS) is 30.6. The molecule has 0 aliphatic carbocycles. The van der Waals surface area contributed by atoms with Gasteiger partial charge in [-0.05, 0) is 25.8 Å². The van der Waals surface area contributed by atoms with Gasteiger partial charge in [-0.1, -0.05) is 0 Å². The van der Waals surface area contributed by atoms with Crippen LogP contribution in [0.4, 0.5) is 0 Å². The molecule has 2 saturated heterocycles. The fourth-order valence-corrected chi connectivity index (χ4v) is 2.25. The van der Waals surface area contributed by atoms with Crippen molar-refractivity contribution >= 4 is 11.8 Å². The average molecular weight is 225 g/mol. The molecule has 2 rings (SSSR count). The molecule has 0 radical (unpaired) electrons. The van der Waals surface area contributed by atoms with Crippen LogP contribution in [0.15, 0.2) is 0 Å². The molecule has 2 atom stereocenters. The summed E-state index contributed by atoms with van der Waals surface area (Å²) in [6.45, 7) is 2.40. The number of hydrogen-bond acceptors (Lipinski definition) is 3. The van der Waals surface area contributed by atoms with Gasteiger partial charge in [0.25, 0.3) is 0 Å². The van der Waals surface area contributed by atoms with Crippen LogP contribution in [0.25, 0.3) is 0 Å². The van der Waals surface area contributed by atoms with E-state index in [9.17, 15) is 9.59 Å². The number of rotatable bonds is 2. The SMILES string of the molecule is O=C1CCC(C(=O)NC2CCCNC2)CN1. The number of piperidine rings is 2. The standard InChI is InChI=1S/C11H19N3O2/c15-10-4-3-8(6-13-10)11(16)14-9-2-1-5-12-7-9/h8-9,12H,1-7H2,(H,13,15)(H,14,16). The third-order valence-electron chi connectivity index (χ3n) is 3.28. The van der Waals surface area contributed by atoms with E-state index >= 15 is 0 Å². The zero-order chi connectivity index (χ0) is 11.4. The maximum Gasteiger partial charge on any atom is 0.225 e. The lowest BCUT2D eigenvalue weighted by Gasteiger charge is -2.27. The quantitative estimate of drug-likeness (QED) is 0.586. The molecule has 2 aliphatic heterocycles. The van der Waals surface area contributed by atoms with Crippen molar-refractivity contribution in [2.75, 3.05) is 19.6 Å². The Morgan fingerprint density at radius 3 is 2.81 bits per heavy atom. The predicted octanol–water partition coefficient (Wildman–Crippen LogP) is -0.619. The summed E-state index contributed by atoms with van der Waals surface area (Å²) in [5, 5.41) is 9.05. The Kier molecular flexibility index (Phi) is 3.77. The summed E-state index contributed by atoms with van der Waals surface area (Å²) in [6.07, 6.45) is 3.32. The second kappa shape index (κ2) is 5.30. The van der Waals surface area contributed by atoms with Crippen molar-refractivity contribution in [3.63, 3.8) is 0 Å². The molecule has 0 aromatic heterocycles. The van der Waals surface area contributed by atoms with E-state index in [1.54, 1.807) is 0 Å². The Labute approximate surface area is 95.3 Å². The lowest BCUT2D eigenvalue weighted by atomic mass is 9.97. The van der Waals surface area contributed by atoms with E-state index in [0.29, 0.717) is 19.4 Å². The maximum absolute atomic E-state index is 11.9. The van der Waals surface area contributed by atoms with E-state index in [1.807, 2.05) is 0 Å². The first-order chi connectivity index (χ1) is 7.75. The Morgan fingerprint density at radius 2 is 2.19 bits per heavy atom. The summed E-state index contributed by atoms with van der Waals surface area (Å²) < 4.78 is 0. The first kappa shape index (κ1) is 11.4. The number of amides is 2. The zero-order valence-electron chi connectivity index (χ0n) is 9.42. The first-order valence-corrected chi connectivity index (χ1v) is 6.03. The largest absolute Gasteiger partial charge is 0.355 e. The number of carbonyl (C=O) groups is 2. The molecule has 2 amide bonds. The molecule has 0 aromatic carbocycles. The maximum atomic E-state index is 11.9. The molecule has 16 heavy (non-hydrogen) atoms. The second-order valence-corrected chi connectivity index (χ2v) is 4.59. The number of carbonyl (C=O) groups excluding carboxylic acids is 2. The molecule has 0 aromatic rings. The van der Waals surface area contributed by atoms with E-state index < -0.39 is 0 Å². The summed E-state index contributed by atoms with van der Waals surface area (Å²) in [6, 6.07) is 0.263. The molecule has 3 N–H and O–H groups in total. The van der Waals surface area contributed by atoms with Crippen molar-refractivity contribution < 1.29 is 9.59 Å². The highest BCUT2D eigenvalue weighted by Crippen LogP contribution is 2.12. The summed E-state index contributed by atoms with van der Waals surface area (Å²) >= 11 is 0. The van der Waals surface area contributed by atoms with E-state index in [0.717, 1.165) is 25.9 Å². The fraction of sp³-hybridized carbons (Fsp3) is 0.818. The Morgan fingerprint density at radius 1 is 1.31 bits per heavy atom. The van der Waals surface area contributed by atoms with Gasteiger partial charge in [-0.2, -0.15) is 0 Å². The molecule has 2 aliphatic rings. The summed E-state index contributed by atoms with van der Waals surface area (Å²) in [4.78, 5) is 22.9. The Hall–Kier alpha value is -1.10. The third-order valence-corrected chi connectivity index (χ3v) is 3.28.